The average Bonchev–Trinajstić information content (AvgIpc) is 3.09. The van der Waals surface area contributed by atoms with Crippen LogP contribution in [0.5, 0.6) is 11.5 Å². The van der Waals surface area contributed by atoms with Crippen molar-refractivity contribution in [2.24, 2.45) is 4.99 Å². The minimum atomic E-state index is 0. The van der Waals surface area contributed by atoms with Crippen molar-refractivity contribution in [3.8, 4) is 17.2 Å². The maximum atomic E-state index is 10.3. The number of hydrogen-bond acceptors (Lipinski definition) is 4. The van der Waals surface area contributed by atoms with E-state index >= 15 is 0 Å². The number of nitrogens with one attached hydrogen (secondary N) is 2. The van der Waals surface area contributed by atoms with Gasteiger partial charge in [-0.2, -0.15) is 5.10 Å². The Labute approximate surface area is 200 Å². The Morgan fingerprint density at radius 2 is 1.84 bits per heavy atom. The molecule has 0 aliphatic heterocycles. The number of ether oxygens (including phenoxy) is 1. The van der Waals surface area contributed by atoms with Crippen LogP contribution in [0.25, 0.3) is 5.69 Å². The van der Waals surface area contributed by atoms with E-state index in [9.17, 15) is 5.11 Å². The zero-order valence-electron chi connectivity index (χ0n) is 18.3. The molecule has 0 spiro atoms. The number of benzene rings is 2. The fraction of sp³-hybridized carbons (Fsp3) is 0.304. The van der Waals surface area contributed by atoms with Crippen LogP contribution in [0.3, 0.4) is 0 Å². The van der Waals surface area contributed by atoms with Crippen LogP contribution >= 0.6 is 24.0 Å². The third-order valence-corrected chi connectivity index (χ3v) is 4.73. The normalized spacial score (nSPS) is 11.0. The van der Waals surface area contributed by atoms with E-state index in [1.807, 2.05) is 42.8 Å². The minimum Gasteiger partial charge on any atom is -0.504 e. The molecule has 0 unspecified atom stereocenters. The molecule has 0 aliphatic rings. The van der Waals surface area contributed by atoms with E-state index in [4.69, 9.17) is 4.74 Å². The van der Waals surface area contributed by atoms with Crippen molar-refractivity contribution in [2.75, 3.05) is 13.7 Å². The molecule has 0 amide bonds. The number of rotatable bonds is 7. The number of aliphatic imine (C=N–C) groups is 1. The molecular weight excluding hydrogens is 505 g/mol. The first-order chi connectivity index (χ1) is 14.5. The number of phenolic OH excluding ortho intramolecular Hbond substituents is 1. The van der Waals surface area contributed by atoms with Gasteiger partial charge in [0.15, 0.2) is 17.5 Å². The molecule has 3 rings (SSSR count). The molecule has 1 aromatic heterocycles. The summed E-state index contributed by atoms with van der Waals surface area (Å²) in [5, 5.41) is 21.5. The summed E-state index contributed by atoms with van der Waals surface area (Å²) < 4.78 is 7.14. The van der Waals surface area contributed by atoms with Crippen LogP contribution in [-0.2, 0) is 13.1 Å². The van der Waals surface area contributed by atoms with Crippen LogP contribution in [-0.4, -0.2) is 34.5 Å². The number of halogens is 1. The fourth-order valence-electron chi connectivity index (χ4n) is 3.28. The predicted molar refractivity (Wildman–Crippen MR) is 135 cm³/mol. The van der Waals surface area contributed by atoms with E-state index in [0.717, 1.165) is 29.2 Å². The van der Waals surface area contributed by atoms with Crippen molar-refractivity contribution in [3.63, 3.8) is 0 Å². The Bertz CT molecular complexity index is 1030. The molecule has 3 N–H and O–H groups in total. The third kappa shape index (κ3) is 6.13. The van der Waals surface area contributed by atoms with Gasteiger partial charge in [-0.15, -0.1) is 24.0 Å². The lowest BCUT2D eigenvalue weighted by Crippen LogP contribution is -2.37. The molecule has 0 fully saturated rings. The van der Waals surface area contributed by atoms with Gasteiger partial charge in [-0.3, -0.25) is 0 Å². The van der Waals surface area contributed by atoms with Crippen molar-refractivity contribution in [1.82, 2.24) is 20.4 Å². The largest absolute Gasteiger partial charge is 0.504 e. The van der Waals surface area contributed by atoms with Crippen molar-refractivity contribution >= 4 is 29.9 Å². The van der Waals surface area contributed by atoms with Gasteiger partial charge in [0, 0.05) is 24.3 Å². The number of aromatic hydroxyl groups is 1. The van der Waals surface area contributed by atoms with Crippen LogP contribution in [0.1, 0.15) is 29.4 Å². The molecule has 1 heterocycles. The lowest BCUT2D eigenvalue weighted by atomic mass is 10.1. The summed E-state index contributed by atoms with van der Waals surface area (Å²) in [6, 6.07) is 15.6. The van der Waals surface area contributed by atoms with E-state index in [1.54, 1.807) is 6.07 Å². The van der Waals surface area contributed by atoms with Gasteiger partial charge in [0.25, 0.3) is 0 Å². The Morgan fingerprint density at radius 1 is 1.10 bits per heavy atom. The highest BCUT2D eigenvalue weighted by Crippen LogP contribution is 2.29. The summed E-state index contributed by atoms with van der Waals surface area (Å²) in [6.07, 6.45) is 0. The maximum Gasteiger partial charge on any atom is 0.191 e. The van der Waals surface area contributed by atoms with Gasteiger partial charge in [-0.1, -0.05) is 30.3 Å². The topological polar surface area (TPSA) is 83.7 Å². The van der Waals surface area contributed by atoms with Crippen LogP contribution in [0.4, 0.5) is 0 Å². The summed E-state index contributed by atoms with van der Waals surface area (Å²) in [7, 11) is 1.54. The first-order valence-corrected chi connectivity index (χ1v) is 10.0. The second-order valence-corrected chi connectivity index (χ2v) is 6.98. The molecule has 0 saturated heterocycles. The highest BCUT2D eigenvalue weighted by atomic mass is 127. The third-order valence-electron chi connectivity index (χ3n) is 4.73. The molecule has 3 aromatic rings. The summed E-state index contributed by atoms with van der Waals surface area (Å²) in [6.45, 7) is 7.71. The van der Waals surface area contributed by atoms with Gasteiger partial charge < -0.3 is 20.5 Å². The zero-order valence-corrected chi connectivity index (χ0v) is 20.7. The van der Waals surface area contributed by atoms with Crippen LogP contribution < -0.4 is 15.4 Å². The van der Waals surface area contributed by atoms with Gasteiger partial charge >= 0.3 is 0 Å². The van der Waals surface area contributed by atoms with Crippen LogP contribution in [0.2, 0.25) is 0 Å². The number of phenols is 1. The molecule has 0 saturated carbocycles. The Kier molecular flexibility index (Phi) is 9.17. The van der Waals surface area contributed by atoms with Crippen LogP contribution in [0.15, 0.2) is 53.5 Å². The molecular formula is C23H30IN5O2. The predicted octanol–water partition coefficient (Wildman–Crippen LogP) is 4.08. The molecule has 31 heavy (non-hydrogen) atoms. The SMILES string of the molecule is CCNC(=NCc1cccc(OC)c1O)NCc1ccccc1-n1nc(C)cc1C.I. The number of para-hydroxylation sites is 2. The monoisotopic (exact) mass is 535 g/mol. The van der Waals surface area contributed by atoms with E-state index in [1.165, 1.54) is 7.11 Å². The molecule has 0 atom stereocenters. The molecule has 0 bridgehead atoms. The van der Waals surface area contributed by atoms with Crippen molar-refractivity contribution < 1.29 is 9.84 Å². The van der Waals surface area contributed by atoms with Crippen molar-refractivity contribution in [2.45, 2.75) is 33.9 Å². The Balaban J connectivity index is 0.00000341. The summed E-state index contributed by atoms with van der Waals surface area (Å²) in [5.41, 5.74) is 4.93. The van der Waals surface area contributed by atoms with Gasteiger partial charge in [0.2, 0.25) is 0 Å². The molecule has 7 nitrogen and oxygen atoms in total. The van der Waals surface area contributed by atoms with E-state index < -0.39 is 0 Å². The number of aryl methyl sites for hydroxylation is 2. The molecule has 8 heteroatoms. The number of hydrogen-bond donors (Lipinski definition) is 3. The average molecular weight is 535 g/mol. The van der Waals surface area contributed by atoms with Gasteiger partial charge in [-0.25, -0.2) is 9.67 Å². The van der Waals surface area contributed by atoms with Gasteiger partial charge in [0.1, 0.15) is 0 Å². The Morgan fingerprint density at radius 3 is 2.52 bits per heavy atom. The highest BCUT2D eigenvalue weighted by molar-refractivity contribution is 14.0. The zero-order chi connectivity index (χ0) is 21.5. The number of aromatic nitrogens is 2. The first-order valence-electron chi connectivity index (χ1n) is 10.0. The molecule has 166 valence electrons. The molecule has 0 aliphatic carbocycles. The lowest BCUT2D eigenvalue weighted by Gasteiger charge is -2.15. The van der Waals surface area contributed by atoms with Crippen LogP contribution in [0, 0.1) is 13.8 Å². The summed E-state index contributed by atoms with van der Waals surface area (Å²) in [5.74, 6) is 1.23. The van der Waals surface area contributed by atoms with Crippen molar-refractivity contribution in [1.29, 1.82) is 0 Å². The second-order valence-electron chi connectivity index (χ2n) is 6.98. The molecule has 0 radical (unpaired) electrons. The number of nitrogens with zero attached hydrogens (tertiary/aromatic N) is 3. The van der Waals surface area contributed by atoms with Gasteiger partial charge in [0.05, 0.1) is 25.0 Å². The standard InChI is InChI=1S/C23H29N5O2.HI/c1-5-24-23(26-15-19-10-8-12-21(30-4)22(19)29)25-14-18-9-6-7-11-20(18)28-17(3)13-16(2)27-28;/h6-13,29H,5,14-15H2,1-4H3,(H2,24,25,26);1H. The number of guanidine groups is 1. The summed E-state index contributed by atoms with van der Waals surface area (Å²) >= 11 is 0. The number of methoxy groups -OCH3 is 1. The second kappa shape index (κ2) is 11.6. The van der Waals surface area contributed by atoms with E-state index in [0.29, 0.717) is 30.4 Å². The maximum absolute atomic E-state index is 10.3. The highest BCUT2D eigenvalue weighted by Gasteiger charge is 2.10. The quantitative estimate of drug-likeness (QED) is 0.241. The minimum absolute atomic E-state index is 0. The van der Waals surface area contributed by atoms with Gasteiger partial charge in [-0.05, 0) is 44.5 Å². The van der Waals surface area contributed by atoms with Crippen molar-refractivity contribution in [3.05, 3.63) is 71.0 Å². The molecule has 2 aromatic carbocycles. The Hall–Kier alpha value is -2.75. The fourth-order valence-corrected chi connectivity index (χ4v) is 3.28. The smallest absolute Gasteiger partial charge is 0.191 e. The van der Waals surface area contributed by atoms with E-state index in [-0.39, 0.29) is 29.7 Å². The van der Waals surface area contributed by atoms with E-state index in [2.05, 4.69) is 45.8 Å². The lowest BCUT2D eigenvalue weighted by molar-refractivity contribution is 0.370. The summed E-state index contributed by atoms with van der Waals surface area (Å²) in [4.78, 5) is 4.62. The first kappa shape index (κ1) is 24.5.